The molecule has 8 fully saturated rings. The van der Waals surface area contributed by atoms with Crippen LogP contribution in [0.25, 0.3) is 0 Å². The number of fused-ring (bicyclic) bond motifs is 8. The van der Waals surface area contributed by atoms with Crippen molar-refractivity contribution >= 4 is 29.4 Å². The summed E-state index contributed by atoms with van der Waals surface area (Å²) >= 11 is 0. The zero-order valence-electron chi connectivity index (χ0n) is 26.7. The van der Waals surface area contributed by atoms with Crippen molar-refractivity contribution < 1.29 is 58.2 Å². The molecule has 0 bridgehead atoms. The number of aliphatic hydroxyl groups is 3. The van der Waals surface area contributed by atoms with Crippen molar-refractivity contribution in [1.29, 1.82) is 0 Å². The highest BCUT2D eigenvalue weighted by Crippen LogP contribution is 2.85. The van der Waals surface area contributed by atoms with Gasteiger partial charge in [-0.15, -0.1) is 0 Å². The van der Waals surface area contributed by atoms with Gasteiger partial charge in [0, 0.05) is 60.5 Å². The molecule has 0 aromatic carbocycles. The van der Waals surface area contributed by atoms with Crippen LogP contribution in [0.15, 0.2) is 4.99 Å². The second kappa shape index (κ2) is 7.70. The molecule has 46 heavy (non-hydrogen) atoms. The molecule has 4 heterocycles. The smallest absolute Gasteiger partial charge is 0.341 e. The standard InChI is InChI=1S/C32H40N2O12/c1-9-19-26(4)15(21-31(19,34-21)29(7)28(6,40)25(39)46-32(29)23(9)45-32)13-14(18(42-10(2)35)24(26)43-11(3)36)27(5)22(38)17-12(44-17)8-30(27,41)20(33)16(13)37/h9,12-15,17-20,22-24,38,40-41H,8,33H2,1-7H3/t9-,12-,13?,14?,15+,17-,18-,19+,20+,22-,23+,24-,26-,27-,28+,29+,30-,31+,32-/m0/s1. The van der Waals surface area contributed by atoms with Crippen LogP contribution in [0.5, 0.6) is 0 Å². The number of aliphatic hydroxyl groups excluding tert-OH is 1. The zero-order chi connectivity index (χ0) is 33.3. The van der Waals surface area contributed by atoms with Crippen molar-refractivity contribution in [3.63, 3.8) is 0 Å². The van der Waals surface area contributed by atoms with Gasteiger partial charge >= 0.3 is 17.9 Å². The molecule has 9 aliphatic rings. The molecule has 14 nitrogen and oxygen atoms in total. The Morgan fingerprint density at radius 2 is 1.72 bits per heavy atom. The maximum Gasteiger partial charge on any atom is 0.341 e. The number of carbonyl (C=O) groups is 4. The molecule has 9 rings (SSSR count). The quantitative estimate of drug-likeness (QED) is 0.158. The van der Waals surface area contributed by atoms with Crippen molar-refractivity contribution in [2.24, 2.45) is 56.6 Å². The van der Waals surface area contributed by atoms with Gasteiger partial charge in [-0.05, 0) is 19.8 Å². The van der Waals surface area contributed by atoms with Crippen LogP contribution in [0, 0.1) is 45.8 Å². The molecule has 5 saturated carbocycles. The van der Waals surface area contributed by atoms with Crippen molar-refractivity contribution in [2.45, 2.75) is 120 Å². The van der Waals surface area contributed by atoms with Gasteiger partial charge in [0.25, 0.3) is 5.79 Å². The molecule has 0 aromatic heterocycles. The maximum absolute atomic E-state index is 14.8. The van der Waals surface area contributed by atoms with Crippen LogP contribution in [0.1, 0.15) is 54.9 Å². The van der Waals surface area contributed by atoms with Crippen LogP contribution in [0.2, 0.25) is 0 Å². The Morgan fingerprint density at radius 3 is 2.35 bits per heavy atom. The summed E-state index contributed by atoms with van der Waals surface area (Å²) in [6, 6.07) is -1.43. The molecule has 2 unspecified atom stereocenters. The third-order valence-electron chi connectivity index (χ3n) is 14.9. The van der Waals surface area contributed by atoms with E-state index in [2.05, 4.69) is 0 Å². The first-order valence-corrected chi connectivity index (χ1v) is 16.2. The summed E-state index contributed by atoms with van der Waals surface area (Å²) in [5.41, 5.74) is -2.17. The average molecular weight is 645 g/mol. The number of hydrogen-bond acceptors (Lipinski definition) is 14. The first kappa shape index (κ1) is 29.6. The molecule has 19 atom stereocenters. The monoisotopic (exact) mass is 644 g/mol. The van der Waals surface area contributed by atoms with Gasteiger partial charge in [0.05, 0.1) is 23.9 Å². The Hall–Kier alpha value is -2.49. The van der Waals surface area contributed by atoms with Gasteiger partial charge in [-0.25, -0.2) is 4.79 Å². The highest BCUT2D eigenvalue weighted by Gasteiger charge is 3.00. The number of esters is 3. The predicted octanol–water partition coefficient (Wildman–Crippen LogP) is -1.22. The van der Waals surface area contributed by atoms with Gasteiger partial charge < -0.3 is 44.7 Å². The number of hydrogen-bond donors (Lipinski definition) is 4. The summed E-state index contributed by atoms with van der Waals surface area (Å²) in [4.78, 5) is 59.0. The first-order valence-electron chi connectivity index (χ1n) is 16.2. The minimum absolute atomic E-state index is 0.0131. The number of ketones is 1. The van der Waals surface area contributed by atoms with E-state index in [0.29, 0.717) is 5.71 Å². The van der Waals surface area contributed by atoms with E-state index < -0.39 is 129 Å². The molecule has 0 aromatic rings. The Morgan fingerprint density at radius 1 is 1.07 bits per heavy atom. The zero-order valence-corrected chi connectivity index (χ0v) is 26.7. The maximum atomic E-state index is 14.8. The van der Waals surface area contributed by atoms with Crippen LogP contribution in [0.4, 0.5) is 0 Å². The number of epoxide rings is 2. The number of rotatable bonds is 2. The molecule has 14 heteroatoms. The molecule has 5 aliphatic carbocycles. The van der Waals surface area contributed by atoms with Gasteiger partial charge in [-0.1, -0.05) is 20.8 Å². The van der Waals surface area contributed by atoms with Crippen LogP contribution in [0.3, 0.4) is 0 Å². The van der Waals surface area contributed by atoms with Crippen molar-refractivity contribution in [1.82, 2.24) is 0 Å². The lowest BCUT2D eigenvalue weighted by Gasteiger charge is -2.67. The molecular formula is C32H40N2O12. The predicted molar refractivity (Wildman–Crippen MR) is 150 cm³/mol. The molecule has 2 spiro atoms. The van der Waals surface area contributed by atoms with Crippen molar-refractivity contribution in [3.8, 4) is 0 Å². The van der Waals surface area contributed by atoms with E-state index in [9.17, 15) is 34.5 Å². The lowest BCUT2D eigenvalue weighted by atomic mass is 9.39. The summed E-state index contributed by atoms with van der Waals surface area (Å²) < 4.78 is 30.0. The second-order valence-corrected chi connectivity index (χ2v) is 16.3. The van der Waals surface area contributed by atoms with Crippen LogP contribution < -0.4 is 5.73 Å². The van der Waals surface area contributed by atoms with Gasteiger partial charge in [0.1, 0.15) is 35.4 Å². The molecule has 250 valence electrons. The number of nitrogens with two attached hydrogens (primary N) is 1. The minimum Gasteiger partial charge on any atom is -0.458 e. The lowest BCUT2D eigenvalue weighted by molar-refractivity contribution is -0.283. The SMILES string of the molecule is CC(=O)O[C@H]1C2C(C(=O)[C@@H](N)[C@@]3(O)C[C@@H]4O[C@@H]4[C@H](O)[C@]23C)[C@@H]2C3=N[C@]34[C@H]([C@H](C)[C@H]3O[C@]35OC(=O)[C@@](C)(O)[C@@]54C)[C@@]2(C)[C@H]1OC(C)=O. The van der Waals surface area contributed by atoms with Crippen LogP contribution >= 0.6 is 0 Å². The first-order chi connectivity index (χ1) is 21.2. The molecular weight excluding hydrogens is 604 g/mol. The minimum atomic E-state index is -2.04. The van der Waals surface area contributed by atoms with E-state index in [-0.39, 0.29) is 12.3 Å². The Labute approximate surface area is 264 Å². The van der Waals surface area contributed by atoms with Gasteiger partial charge in [0.2, 0.25) is 0 Å². The molecule has 3 saturated heterocycles. The van der Waals surface area contributed by atoms with E-state index in [1.165, 1.54) is 20.8 Å². The summed E-state index contributed by atoms with van der Waals surface area (Å²) in [7, 11) is 0. The Kier molecular flexibility index (Phi) is 4.96. The van der Waals surface area contributed by atoms with Crippen LogP contribution in [-0.2, 0) is 42.9 Å². The van der Waals surface area contributed by atoms with Gasteiger partial charge in [-0.3, -0.25) is 19.4 Å². The van der Waals surface area contributed by atoms with E-state index in [1.807, 2.05) is 13.8 Å². The molecule has 5 N–H and O–H groups in total. The fourth-order valence-corrected chi connectivity index (χ4v) is 12.8. The van der Waals surface area contributed by atoms with E-state index in [1.54, 1.807) is 13.8 Å². The summed E-state index contributed by atoms with van der Waals surface area (Å²) in [5, 5.41) is 36.2. The van der Waals surface area contributed by atoms with Crippen LogP contribution in [-0.4, -0.2) is 110 Å². The number of nitrogens with zero attached hydrogens (tertiary/aromatic N) is 1. The molecule has 0 radical (unpaired) electrons. The lowest BCUT2D eigenvalue weighted by Crippen LogP contribution is -2.81. The Balaban J connectivity index is 1.31. The average Bonchev–Trinajstić information content (AvgIpc) is 3.89. The van der Waals surface area contributed by atoms with E-state index >= 15 is 0 Å². The van der Waals surface area contributed by atoms with E-state index in [0.717, 1.165) is 0 Å². The van der Waals surface area contributed by atoms with Gasteiger partial charge in [0.15, 0.2) is 11.4 Å². The highest BCUT2D eigenvalue weighted by atomic mass is 16.8. The fraction of sp³-hybridized carbons (Fsp3) is 0.844. The summed E-state index contributed by atoms with van der Waals surface area (Å²) in [5.74, 6) is -8.05. The normalized spacial score (nSPS) is 64.0. The number of aliphatic imine (C=N–C) groups is 1. The number of Topliss-reactive ketones (excluding diaryl/α,β-unsaturated/α-hetero) is 1. The summed E-state index contributed by atoms with van der Waals surface area (Å²) in [6.45, 7) is 11.0. The van der Waals surface area contributed by atoms with E-state index in [4.69, 9.17) is 34.4 Å². The fourth-order valence-electron chi connectivity index (χ4n) is 12.8. The number of ether oxygens (including phenoxy) is 5. The molecule has 4 aliphatic heterocycles. The van der Waals surface area contributed by atoms with Crippen molar-refractivity contribution in [3.05, 3.63) is 0 Å². The Bertz CT molecular complexity index is 1610. The second-order valence-electron chi connectivity index (χ2n) is 16.3. The third kappa shape index (κ3) is 2.55. The number of carbonyl (C=O) groups excluding carboxylic acids is 4. The topological polar surface area (TPSA) is 220 Å². The molecule has 0 amide bonds. The van der Waals surface area contributed by atoms with Crippen molar-refractivity contribution in [2.75, 3.05) is 0 Å². The van der Waals surface area contributed by atoms with Gasteiger partial charge in [-0.2, -0.15) is 0 Å². The largest absolute Gasteiger partial charge is 0.458 e. The summed E-state index contributed by atoms with van der Waals surface area (Å²) in [6.07, 6.45) is -5.55. The third-order valence-corrected chi connectivity index (χ3v) is 14.9. The highest BCUT2D eigenvalue weighted by molar-refractivity contribution is 6.15.